The maximum absolute atomic E-state index is 12.0. The number of halogens is 1. The van der Waals surface area contributed by atoms with E-state index in [1.807, 2.05) is 6.92 Å². The molecule has 1 aromatic rings. The molecular formula is C15H20ClN3O4. The summed E-state index contributed by atoms with van der Waals surface area (Å²) in [6.45, 7) is 6.56. The molecule has 1 rings (SSSR count). The molecule has 8 heteroatoms. The highest BCUT2D eigenvalue weighted by molar-refractivity contribution is 6.32. The normalized spacial score (nSPS) is 11.5. The fourth-order valence-corrected chi connectivity index (χ4v) is 2.12. The minimum absolute atomic E-state index is 0.0161. The molecule has 0 saturated carbocycles. The van der Waals surface area contributed by atoms with Gasteiger partial charge in [0.2, 0.25) is 0 Å². The minimum atomic E-state index is -0.766. The van der Waals surface area contributed by atoms with Crippen LogP contribution in [0.15, 0.2) is 6.07 Å². The number of hydrogen-bond donors (Lipinski definition) is 2. The van der Waals surface area contributed by atoms with Crippen LogP contribution in [0.2, 0.25) is 5.15 Å². The van der Waals surface area contributed by atoms with Crippen LogP contribution < -0.4 is 10.6 Å². The molecule has 0 aliphatic heterocycles. The van der Waals surface area contributed by atoms with Gasteiger partial charge in [0.25, 0.3) is 5.91 Å². The monoisotopic (exact) mass is 341 g/mol. The number of urea groups is 1. The second kappa shape index (κ2) is 8.47. The molecule has 1 heterocycles. The van der Waals surface area contributed by atoms with E-state index in [1.165, 1.54) is 0 Å². The SMILES string of the molecule is CC[C@H](C)NC(=O)NC(=O)COC(=O)c1c(C)cc(C)nc1Cl. The lowest BCUT2D eigenvalue weighted by molar-refractivity contribution is -0.123. The molecule has 3 amide bonds. The lowest BCUT2D eigenvalue weighted by Gasteiger charge is -2.12. The number of amides is 3. The van der Waals surface area contributed by atoms with Crippen molar-refractivity contribution in [3.05, 3.63) is 28.0 Å². The van der Waals surface area contributed by atoms with Crippen molar-refractivity contribution in [2.45, 2.75) is 40.2 Å². The largest absolute Gasteiger partial charge is 0.452 e. The molecule has 0 saturated heterocycles. The average Bonchev–Trinajstić information content (AvgIpc) is 2.43. The van der Waals surface area contributed by atoms with E-state index in [0.717, 1.165) is 6.42 Å². The minimum Gasteiger partial charge on any atom is -0.452 e. The van der Waals surface area contributed by atoms with Crippen molar-refractivity contribution in [1.82, 2.24) is 15.6 Å². The molecule has 0 fully saturated rings. The molecule has 0 bridgehead atoms. The number of carbonyl (C=O) groups excluding carboxylic acids is 3. The van der Waals surface area contributed by atoms with Crippen LogP contribution in [0.5, 0.6) is 0 Å². The molecule has 0 aromatic carbocycles. The quantitative estimate of drug-likeness (QED) is 0.631. The van der Waals surface area contributed by atoms with Crippen LogP contribution in [0, 0.1) is 13.8 Å². The predicted molar refractivity (Wildman–Crippen MR) is 85.4 cm³/mol. The summed E-state index contributed by atoms with van der Waals surface area (Å²) in [5.74, 6) is -1.49. The van der Waals surface area contributed by atoms with Crippen molar-refractivity contribution in [2.75, 3.05) is 6.61 Å². The van der Waals surface area contributed by atoms with E-state index < -0.39 is 24.5 Å². The first-order valence-electron chi connectivity index (χ1n) is 7.15. The highest BCUT2D eigenvalue weighted by Crippen LogP contribution is 2.19. The Labute approximate surface area is 139 Å². The van der Waals surface area contributed by atoms with Gasteiger partial charge in [-0.05, 0) is 38.8 Å². The summed E-state index contributed by atoms with van der Waals surface area (Å²) in [6, 6.07) is 0.985. The van der Waals surface area contributed by atoms with E-state index in [2.05, 4.69) is 15.6 Å². The number of esters is 1. The third-order valence-corrected chi connectivity index (χ3v) is 3.36. The van der Waals surface area contributed by atoms with Crippen LogP contribution in [0.4, 0.5) is 4.79 Å². The van der Waals surface area contributed by atoms with Gasteiger partial charge >= 0.3 is 12.0 Å². The number of aryl methyl sites for hydroxylation is 2. The summed E-state index contributed by atoms with van der Waals surface area (Å²) in [4.78, 5) is 39.0. The van der Waals surface area contributed by atoms with Crippen LogP contribution in [-0.2, 0) is 9.53 Å². The Bertz CT molecular complexity index is 596. The van der Waals surface area contributed by atoms with Crippen LogP contribution in [0.1, 0.15) is 41.9 Å². The van der Waals surface area contributed by atoms with Gasteiger partial charge in [0.05, 0.1) is 5.56 Å². The fraction of sp³-hybridized carbons (Fsp3) is 0.467. The fourth-order valence-electron chi connectivity index (χ4n) is 1.76. The number of ether oxygens (including phenoxy) is 1. The molecular weight excluding hydrogens is 322 g/mol. The number of imide groups is 1. The highest BCUT2D eigenvalue weighted by atomic mass is 35.5. The molecule has 2 N–H and O–H groups in total. The molecule has 0 radical (unpaired) electrons. The van der Waals surface area contributed by atoms with Gasteiger partial charge in [0.15, 0.2) is 6.61 Å². The Hall–Kier alpha value is -2.15. The Morgan fingerprint density at radius 2 is 2.00 bits per heavy atom. The first-order valence-corrected chi connectivity index (χ1v) is 7.53. The molecule has 0 spiro atoms. The number of rotatable bonds is 5. The Morgan fingerprint density at radius 1 is 1.35 bits per heavy atom. The van der Waals surface area contributed by atoms with Gasteiger partial charge in [-0.15, -0.1) is 0 Å². The Balaban J connectivity index is 2.57. The molecule has 0 aliphatic rings. The summed E-state index contributed by atoms with van der Waals surface area (Å²) in [5, 5.41) is 4.65. The summed E-state index contributed by atoms with van der Waals surface area (Å²) in [7, 11) is 0. The Morgan fingerprint density at radius 3 is 2.57 bits per heavy atom. The number of nitrogens with one attached hydrogen (secondary N) is 2. The number of aromatic nitrogens is 1. The summed E-state index contributed by atoms with van der Waals surface area (Å²) in [5.41, 5.74) is 1.38. The molecule has 1 aromatic heterocycles. The van der Waals surface area contributed by atoms with Gasteiger partial charge < -0.3 is 10.1 Å². The van der Waals surface area contributed by atoms with E-state index in [9.17, 15) is 14.4 Å². The van der Waals surface area contributed by atoms with E-state index in [0.29, 0.717) is 11.3 Å². The zero-order valence-corrected chi connectivity index (χ0v) is 14.3. The van der Waals surface area contributed by atoms with Crippen molar-refractivity contribution in [2.24, 2.45) is 0 Å². The number of hydrogen-bond acceptors (Lipinski definition) is 5. The molecule has 23 heavy (non-hydrogen) atoms. The lowest BCUT2D eigenvalue weighted by Crippen LogP contribution is -2.44. The van der Waals surface area contributed by atoms with Gasteiger partial charge in [-0.3, -0.25) is 10.1 Å². The third kappa shape index (κ3) is 5.86. The van der Waals surface area contributed by atoms with Crippen molar-refractivity contribution in [3.63, 3.8) is 0 Å². The van der Waals surface area contributed by atoms with E-state index in [1.54, 1.807) is 26.8 Å². The molecule has 126 valence electrons. The van der Waals surface area contributed by atoms with E-state index in [4.69, 9.17) is 16.3 Å². The topological polar surface area (TPSA) is 97.4 Å². The average molecular weight is 342 g/mol. The standard InChI is InChI=1S/C15H20ClN3O4/c1-5-9(3)18-15(22)19-11(20)7-23-14(21)12-8(2)6-10(4)17-13(12)16/h6,9H,5,7H2,1-4H3,(H2,18,19,20,22)/t9-/m0/s1. The van der Waals surface area contributed by atoms with E-state index >= 15 is 0 Å². The van der Waals surface area contributed by atoms with Crippen molar-refractivity contribution in [3.8, 4) is 0 Å². The predicted octanol–water partition coefficient (Wildman–Crippen LogP) is 2.13. The summed E-state index contributed by atoms with van der Waals surface area (Å²) >= 11 is 5.93. The van der Waals surface area contributed by atoms with Crippen LogP contribution in [0.3, 0.4) is 0 Å². The zero-order chi connectivity index (χ0) is 17.6. The molecule has 0 aliphatic carbocycles. The molecule has 0 unspecified atom stereocenters. The third-order valence-electron chi connectivity index (χ3n) is 3.08. The van der Waals surface area contributed by atoms with E-state index in [-0.39, 0.29) is 16.8 Å². The highest BCUT2D eigenvalue weighted by Gasteiger charge is 2.19. The van der Waals surface area contributed by atoms with Gasteiger partial charge in [0, 0.05) is 11.7 Å². The van der Waals surface area contributed by atoms with Crippen LogP contribution >= 0.6 is 11.6 Å². The van der Waals surface area contributed by atoms with Crippen LogP contribution in [0.25, 0.3) is 0 Å². The number of carbonyl (C=O) groups is 3. The molecule has 7 nitrogen and oxygen atoms in total. The second-order valence-corrected chi connectivity index (χ2v) is 5.51. The lowest BCUT2D eigenvalue weighted by atomic mass is 10.1. The number of nitrogens with zero attached hydrogens (tertiary/aromatic N) is 1. The second-order valence-electron chi connectivity index (χ2n) is 5.15. The first-order chi connectivity index (χ1) is 10.7. The van der Waals surface area contributed by atoms with Crippen molar-refractivity contribution >= 4 is 29.5 Å². The summed E-state index contributed by atoms with van der Waals surface area (Å²) in [6.07, 6.45) is 0.731. The van der Waals surface area contributed by atoms with Crippen LogP contribution in [-0.4, -0.2) is 35.5 Å². The van der Waals surface area contributed by atoms with Gasteiger partial charge in [-0.25, -0.2) is 14.6 Å². The smallest absolute Gasteiger partial charge is 0.342 e. The Kier molecular flexibility index (Phi) is 6.96. The molecule has 1 atom stereocenters. The summed E-state index contributed by atoms with van der Waals surface area (Å²) < 4.78 is 4.87. The van der Waals surface area contributed by atoms with Gasteiger partial charge in [0.1, 0.15) is 5.15 Å². The zero-order valence-electron chi connectivity index (χ0n) is 13.5. The van der Waals surface area contributed by atoms with Gasteiger partial charge in [-0.2, -0.15) is 0 Å². The maximum Gasteiger partial charge on any atom is 0.342 e. The first kappa shape index (κ1) is 18.9. The maximum atomic E-state index is 12.0. The van der Waals surface area contributed by atoms with Gasteiger partial charge in [-0.1, -0.05) is 18.5 Å². The number of pyridine rings is 1. The van der Waals surface area contributed by atoms with Crippen molar-refractivity contribution < 1.29 is 19.1 Å². The van der Waals surface area contributed by atoms with Crippen molar-refractivity contribution in [1.29, 1.82) is 0 Å².